The van der Waals surface area contributed by atoms with Crippen molar-refractivity contribution >= 4 is 12.3 Å². The number of carbonyl (C=O) groups excluding carboxylic acids is 2. The molecule has 0 saturated carbocycles. The van der Waals surface area contributed by atoms with Gasteiger partial charge in [0.15, 0.2) is 12.4 Å². The van der Waals surface area contributed by atoms with Gasteiger partial charge in [-0.3, -0.25) is 9.59 Å². The molecule has 0 rings (SSSR count). The molecule has 0 fully saturated rings. The first kappa shape index (κ1) is 32.0. The summed E-state index contributed by atoms with van der Waals surface area (Å²) in [5, 5.41) is 37.6. The molecule has 0 aliphatic heterocycles. The summed E-state index contributed by atoms with van der Waals surface area (Å²) in [6, 6.07) is 0. The Morgan fingerprint density at radius 1 is 0.697 bits per heavy atom. The van der Waals surface area contributed by atoms with E-state index in [9.17, 15) is 24.9 Å². The lowest BCUT2D eigenvalue weighted by atomic mass is 10.0. The van der Waals surface area contributed by atoms with Crippen LogP contribution in [0.5, 0.6) is 0 Å². The number of hydrogen-bond donors (Lipinski definition) is 4. The Morgan fingerprint density at radius 3 is 1.45 bits per heavy atom. The van der Waals surface area contributed by atoms with Crippen LogP contribution in [0, 0.1) is 0 Å². The number of carbonyl (C=O) groups is 2. The van der Waals surface area contributed by atoms with Crippen LogP contribution in [0.4, 0.5) is 0 Å². The molecule has 4 atom stereocenters. The first-order valence-corrected chi connectivity index (χ1v) is 13.3. The molecule has 0 saturated heterocycles. The molecule has 33 heavy (non-hydrogen) atoms. The van der Waals surface area contributed by atoms with E-state index in [4.69, 9.17) is 9.84 Å². The van der Waals surface area contributed by atoms with Gasteiger partial charge in [0.2, 0.25) is 0 Å². The third kappa shape index (κ3) is 18.0. The summed E-state index contributed by atoms with van der Waals surface area (Å²) in [6.07, 6.45) is 14.8. The van der Waals surface area contributed by atoms with E-state index < -0.39 is 37.0 Å². The number of aldehydes is 1. The maximum atomic E-state index is 11.9. The summed E-state index contributed by atoms with van der Waals surface area (Å²) in [5.74, 6) is -0.627. The van der Waals surface area contributed by atoms with E-state index in [1.807, 2.05) is 0 Å². The van der Waals surface area contributed by atoms with Crippen molar-refractivity contribution in [3.63, 3.8) is 0 Å². The lowest BCUT2D eigenvalue weighted by Gasteiger charge is -2.25. The highest BCUT2D eigenvalue weighted by atomic mass is 16.6. The quantitative estimate of drug-likeness (QED) is 0.0938. The Balaban J connectivity index is 3.55. The maximum Gasteiger partial charge on any atom is 0.306 e. The zero-order valence-corrected chi connectivity index (χ0v) is 20.8. The van der Waals surface area contributed by atoms with Crippen molar-refractivity contribution in [3.05, 3.63) is 0 Å². The summed E-state index contributed by atoms with van der Waals surface area (Å²) in [5.41, 5.74) is 0. The van der Waals surface area contributed by atoms with Gasteiger partial charge in [0.1, 0.15) is 18.3 Å². The predicted molar refractivity (Wildman–Crippen MR) is 130 cm³/mol. The number of hydrogen-bond acceptors (Lipinski definition) is 7. The Bertz CT molecular complexity index is 458. The Morgan fingerprint density at radius 2 is 1.09 bits per heavy atom. The number of unbranched alkanes of at least 4 members (excludes halogenated alkanes) is 16. The SMILES string of the molecule is CCCCCCCCCCCCCCCCCCCC(=O)O[C@@H](C=O)[C@@H](O)[C@H](O)[C@H](O)CO. The molecule has 7 heteroatoms. The molecule has 4 N–H and O–H groups in total. The van der Waals surface area contributed by atoms with E-state index >= 15 is 0 Å². The molecule has 0 heterocycles. The number of aliphatic hydroxyl groups excluding tert-OH is 4. The van der Waals surface area contributed by atoms with Crippen molar-refractivity contribution in [2.24, 2.45) is 0 Å². The van der Waals surface area contributed by atoms with Gasteiger partial charge in [-0.05, 0) is 6.42 Å². The minimum atomic E-state index is -1.79. The molecule has 0 aliphatic carbocycles. The fourth-order valence-electron chi connectivity index (χ4n) is 3.91. The second-order valence-corrected chi connectivity index (χ2v) is 9.23. The second kappa shape index (κ2) is 22.8. The van der Waals surface area contributed by atoms with E-state index in [0.717, 1.165) is 19.3 Å². The minimum absolute atomic E-state index is 0.133. The van der Waals surface area contributed by atoms with Gasteiger partial charge in [-0.15, -0.1) is 0 Å². The average Bonchev–Trinajstić information content (AvgIpc) is 2.82. The monoisotopic (exact) mass is 474 g/mol. The lowest BCUT2D eigenvalue weighted by Crippen LogP contribution is -2.48. The van der Waals surface area contributed by atoms with Gasteiger partial charge in [0.25, 0.3) is 0 Å². The van der Waals surface area contributed by atoms with Crippen molar-refractivity contribution in [1.29, 1.82) is 0 Å². The number of aliphatic hydroxyl groups is 4. The molecule has 0 aromatic rings. The minimum Gasteiger partial charge on any atom is -0.452 e. The summed E-state index contributed by atoms with van der Waals surface area (Å²) < 4.78 is 4.90. The smallest absolute Gasteiger partial charge is 0.306 e. The van der Waals surface area contributed by atoms with Crippen LogP contribution in [0.2, 0.25) is 0 Å². The predicted octanol–water partition coefficient (Wildman–Crippen LogP) is 4.21. The van der Waals surface area contributed by atoms with E-state index in [2.05, 4.69) is 6.92 Å². The normalized spacial score (nSPS) is 15.1. The van der Waals surface area contributed by atoms with E-state index in [1.54, 1.807) is 0 Å². The Hall–Kier alpha value is -1.02. The molecular formula is C26H50O7. The number of esters is 1. The van der Waals surface area contributed by atoms with Crippen LogP contribution in [-0.4, -0.2) is 63.7 Å². The van der Waals surface area contributed by atoms with Crippen molar-refractivity contribution in [2.45, 2.75) is 147 Å². The van der Waals surface area contributed by atoms with Gasteiger partial charge in [-0.25, -0.2) is 0 Å². The molecule has 0 unspecified atom stereocenters. The molecule has 196 valence electrons. The first-order valence-electron chi connectivity index (χ1n) is 13.3. The summed E-state index contributed by atoms with van der Waals surface area (Å²) in [6.45, 7) is 1.47. The molecule has 7 nitrogen and oxygen atoms in total. The zero-order valence-electron chi connectivity index (χ0n) is 20.8. The van der Waals surface area contributed by atoms with Crippen molar-refractivity contribution in [3.8, 4) is 0 Å². The average molecular weight is 475 g/mol. The molecule has 0 bridgehead atoms. The number of ether oxygens (including phenoxy) is 1. The third-order valence-electron chi connectivity index (χ3n) is 6.15. The fraction of sp³-hybridized carbons (Fsp3) is 0.923. The highest BCUT2D eigenvalue weighted by Gasteiger charge is 2.33. The van der Waals surface area contributed by atoms with Gasteiger partial charge in [-0.1, -0.05) is 110 Å². The van der Waals surface area contributed by atoms with Crippen LogP contribution >= 0.6 is 0 Å². The molecule has 0 radical (unpaired) electrons. The standard InChI is InChI=1S/C26H50O7/c1-2-3-4-5-6-7-8-9-10-11-12-13-14-15-16-17-18-19-24(30)33-23(21-28)26(32)25(31)22(29)20-27/h21-23,25-27,29,31-32H,2-20H2,1H3/t22-,23+,25-,26-/m1/s1. The van der Waals surface area contributed by atoms with Crippen LogP contribution in [0.1, 0.15) is 122 Å². The topological polar surface area (TPSA) is 124 Å². The highest BCUT2D eigenvalue weighted by Crippen LogP contribution is 2.15. The largest absolute Gasteiger partial charge is 0.452 e. The van der Waals surface area contributed by atoms with E-state index in [0.29, 0.717) is 6.42 Å². The molecule has 0 spiro atoms. The summed E-state index contributed by atoms with van der Waals surface area (Å²) in [4.78, 5) is 22.9. The lowest BCUT2D eigenvalue weighted by molar-refractivity contribution is -0.168. The Labute approximate surface area is 200 Å². The van der Waals surface area contributed by atoms with Gasteiger partial charge >= 0.3 is 5.97 Å². The summed E-state index contributed by atoms with van der Waals surface area (Å²) >= 11 is 0. The fourth-order valence-corrected chi connectivity index (χ4v) is 3.91. The van der Waals surface area contributed by atoms with Crippen molar-refractivity contribution in [1.82, 2.24) is 0 Å². The maximum absolute atomic E-state index is 11.9. The Kier molecular flexibility index (Phi) is 22.1. The van der Waals surface area contributed by atoms with Crippen LogP contribution in [0.25, 0.3) is 0 Å². The molecule has 0 aromatic heterocycles. The second-order valence-electron chi connectivity index (χ2n) is 9.23. The van der Waals surface area contributed by atoms with E-state index in [1.165, 1.54) is 83.5 Å². The number of rotatable bonds is 24. The van der Waals surface area contributed by atoms with E-state index in [-0.39, 0.29) is 12.7 Å². The van der Waals surface area contributed by atoms with Crippen molar-refractivity contribution in [2.75, 3.05) is 6.61 Å². The molecular weight excluding hydrogens is 424 g/mol. The van der Waals surface area contributed by atoms with Crippen LogP contribution in [-0.2, 0) is 14.3 Å². The molecule has 0 amide bonds. The highest BCUT2D eigenvalue weighted by molar-refractivity contribution is 5.72. The molecule has 0 aromatic carbocycles. The van der Waals surface area contributed by atoms with Gasteiger partial charge in [0, 0.05) is 6.42 Å². The van der Waals surface area contributed by atoms with Crippen LogP contribution < -0.4 is 0 Å². The van der Waals surface area contributed by atoms with Crippen LogP contribution in [0.3, 0.4) is 0 Å². The van der Waals surface area contributed by atoms with Crippen LogP contribution in [0.15, 0.2) is 0 Å². The summed E-state index contributed by atoms with van der Waals surface area (Å²) in [7, 11) is 0. The van der Waals surface area contributed by atoms with Gasteiger partial charge in [-0.2, -0.15) is 0 Å². The molecule has 0 aliphatic rings. The first-order chi connectivity index (χ1) is 16.0. The van der Waals surface area contributed by atoms with Gasteiger partial charge < -0.3 is 25.2 Å². The zero-order chi connectivity index (χ0) is 24.7. The third-order valence-corrected chi connectivity index (χ3v) is 6.15. The van der Waals surface area contributed by atoms with Crippen molar-refractivity contribution < 1.29 is 34.8 Å². The van der Waals surface area contributed by atoms with Gasteiger partial charge in [0.05, 0.1) is 6.61 Å².